The van der Waals surface area contributed by atoms with Gasteiger partial charge in [-0.3, -0.25) is 4.79 Å². The number of halogens is 1. The third-order valence-electron chi connectivity index (χ3n) is 15.1. The maximum atomic E-state index is 14.1. The number of fused-ring (bicyclic) bond motifs is 6. The summed E-state index contributed by atoms with van der Waals surface area (Å²) in [6, 6.07) is 64.3. The number of carbonyl (C=O) groups excluding carboxylic acids is 1. The first-order chi connectivity index (χ1) is 32.9. The van der Waals surface area contributed by atoms with Crippen LogP contribution in [0.3, 0.4) is 0 Å². The second-order valence-corrected chi connectivity index (χ2v) is 20.3. The topological polar surface area (TPSA) is 35.5 Å². The third kappa shape index (κ3) is 6.36. The summed E-state index contributed by atoms with van der Waals surface area (Å²) in [6.45, 7) is 12.6. The largest absolute Gasteiger partial charge is 0.495 e. The molecule has 3 nitrogen and oxygen atoms in total. The molecule has 0 spiro atoms. The van der Waals surface area contributed by atoms with Crippen LogP contribution in [-0.4, -0.2) is 24.1 Å². The lowest BCUT2D eigenvalue weighted by Gasteiger charge is -2.32. The summed E-state index contributed by atoms with van der Waals surface area (Å²) in [5.41, 5.74) is 20.9. The van der Waals surface area contributed by atoms with Crippen LogP contribution in [0.15, 0.2) is 186 Å². The molecule has 0 N–H and O–H groups in total. The van der Waals surface area contributed by atoms with Crippen LogP contribution < -0.4 is 5.46 Å². The fourth-order valence-corrected chi connectivity index (χ4v) is 11.5. The van der Waals surface area contributed by atoms with Gasteiger partial charge in [0.15, 0.2) is 5.78 Å². The van der Waals surface area contributed by atoms with Crippen molar-refractivity contribution in [1.29, 1.82) is 0 Å². The van der Waals surface area contributed by atoms with Crippen molar-refractivity contribution >= 4 is 78.1 Å². The van der Waals surface area contributed by atoms with Crippen molar-refractivity contribution < 1.29 is 14.1 Å². The Hall–Kier alpha value is -6.89. The van der Waals surface area contributed by atoms with Gasteiger partial charge >= 0.3 is 7.12 Å². The molecular formula is C63H48BBrO3. The van der Waals surface area contributed by atoms with Gasteiger partial charge in [-0.1, -0.05) is 192 Å². The summed E-state index contributed by atoms with van der Waals surface area (Å²) >= 11 is 3.73. The molecular weight excluding hydrogens is 895 g/mol. The molecule has 1 fully saturated rings. The molecule has 0 saturated carbocycles. The van der Waals surface area contributed by atoms with Crippen molar-refractivity contribution in [3.05, 3.63) is 220 Å². The van der Waals surface area contributed by atoms with Gasteiger partial charge in [-0.25, -0.2) is 0 Å². The van der Waals surface area contributed by atoms with Gasteiger partial charge in [0, 0.05) is 26.8 Å². The van der Waals surface area contributed by atoms with E-state index in [1.54, 1.807) is 0 Å². The average molecular weight is 944 g/mol. The van der Waals surface area contributed by atoms with Gasteiger partial charge in [-0.15, -0.1) is 0 Å². The molecule has 13 rings (SSSR count). The van der Waals surface area contributed by atoms with Gasteiger partial charge in [0.05, 0.1) is 11.2 Å². The molecule has 0 aromatic heterocycles. The minimum Gasteiger partial charge on any atom is -0.399 e. The molecule has 328 valence electrons. The Kier molecular flexibility index (Phi) is 9.90. The Balaban J connectivity index is 0.000000143. The predicted octanol–water partition coefficient (Wildman–Crippen LogP) is 15.8. The van der Waals surface area contributed by atoms with E-state index in [9.17, 15) is 4.79 Å². The monoisotopic (exact) mass is 942 g/mol. The lowest BCUT2D eigenvalue weighted by Crippen LogP contribution is -2.41. The highest BCUT2D eigenvalue weighted by Crippen LogP contribution is 2.58. The number of aryl methyl sites for hydroxylation is 2. The van der Waals surface area contributed by atoms with Gasteiger partial charge in [-0.2, -0.15) is 0 Å². The first-order valence-electron chi connectivity index (χ1n) is 23.5. The number of benzene rings is 9. The lowest BCUT2D eigenvalue weighted by atomic mass is 9.75. The van der Waals surface area contributed by atoms with Crippen LogP contribution in [0.5, 0.6) is 0 Å². The summed E-state index contributed by atoms with van der Waals surface area (Å²) < 4.78 is 14.1. The quantitative estimate of drug-likeness (QED) is 0.161. The van der Waals surface area contributed by atoms with Crippen LogP contribution in [0.1, 0.15) is 61.1 Å². The van der Waals surface area contributed by atoms with E-state index in [0.29, 0.717) is 0 Å². The number of allylic oxidation sites excluding steroid dienone is 4. The predicted molar refractivity (Wildman–Crippen MR) is 288 cm³/mol. The average Bonchev–Trinajstić information content (AvgIpc) is 4.02. The number of hydrogen-bond donors (Lipinski definition) is 0. The first-order valence-corrected chi connectivity index (χ1v) is 24.3. The Morgan fingerprint density at radius 1 is 0.397 bits per heavy atom. The molecule has 9 aromatic rings. The maximum Gasteiger partial charge on any atom is 0.495 e. The van der Waals surface area contributed by atoms with E-state index in [1.807, 2.05) is 24.3 Å². The molecule has 0 bridgehead atoms. The molecule has 9 aromatic carbocycles. The van der Waals surface area contributed by atoms with Crippen molar-refractivity contribution in [3.63, 3.8) is 0 Å². The van der Waals surface area contributed by atoms with E-state index in [4.69, 9.17) is 9.31 Å². The van der Waals surface area contributed by atoms with Crippen LogP contribution in [-0.2, 0) is 14.1 Å². The second-order valence-electron chi connectivity index (χ2n) is 19.4. The van der Waals surface area contributed by atoms with Gasteiger partial charge in [0.25, 0.3) is 0 Å². The van der Waals surface area contributed by atoms with Gasteiger partial charge in [0.2, 0.25) is 0 Å². The minimum absolute atomic E-state index is 0.124. The highest BCUT2D eigenvalue weighted by atomic mass is 79.9. The number of ketones is 1. The molecule has 1 saturated heterocycles. The number of carbonyl (C=O) groups is 1. The summed E-state index contributed by atoms with van der Waals surface area (Å²) in [4.78, 5) is 14.1. The van der Waals surface area contributed by atoms with Crippen LogP contribution in [0, 0.1) is 13.8 Å². The molecule has 5 heteroatoms. The van der Waals surface area contributed by atoms with E-state index < -0.39 is 7.12 Å². The highest BCUT2D eigenvalue weighted by molar-refractivity contribution is 9.10. The zero-order valence-corrected chi connectivity index (χ0v) is 40.6. The molecule has 0 amide bonds. The SMILES string of the molecule is CC1(C)OB(c2ccc3c4c(cccc24)-c2c(-c4ccccc4)ccc(-c4ccccc4)c2-3)OC1(C)C.Cc1ccccc1C1=C2C(=C(c3ccccc3C)C1=O)c1ccc(Br)c3cccc2c13. The minimum atomic E-state index is -0.403. The highest BCUT2D eigenvalue weighted by Gasteiger charge is 2.52. The molecule has 68 heavy (non-hydrogen) atoms. The Morgan fingerprint density at radius 3 is 1.35 bits per heavy atom. The zero-order valence-electron chi connectivity index (χ0n) is 39.0. The molecule has 0 unspecified atom stereocenters. The second kappa shape index (κ2) is 15.9. The maximum absolute atomic E-state index is 14.1. The normalized spacial score (nSPS) is 15.9. The molecule has 1 heterocycles. The fourth-order valence-electron chi connectivity index (χ4n) is 11.0. The summed E-state index contributed by atoms with van der Waals surface area (Å²) in [5, 5.41) is 4.89. The fraction of sp³-hybridized carbons (Fsp3) is 0.127. The molecule has 0 atom stereocenters. The number of hydrogen-bond acceptors (Lipinski definition) is 3. The van der Waals surface area contributed by atoms with Crippen LogP contribution >= 0.6 is 15.9 Å². The third-order valence-corrected chi connectivity index (χ3v) is 15.7. The van der Waals surface area contributed by atoms with Crippen molar-refractivity contribution in [3.8, 4) is 44.5 Å². The summed E-state index contributed by atoms with van der Waals surface area (Å²) in [5.74, 6) is 0.124. The van der Waals surface area contributed by atoms with Crippen molar-refractivity contribution in [2.45, 2.75) is 52.7 Å². The van der Waals surface area contributed by atoms with Crippen molar-refractivity contribution in [2.24, 2.45) is 0 Å². The zero-order chi connectivity index (χ0) is 46.6. The lowest BCUT2D eigenvalue weighted by molar-refractivity contribution is -0.108. The first kappa shape index (κ1) is 42.5. The summed E-state index contributed by atoms with van der Waals surface area (Å²) in [6.07, 6.45) is 0. The molecule has 3 aliphatic carbocycles. The Labute approximate surface area is 407 Å². The van der Waals surface area contributed by atoms with Crippen LogP contribution in [0.25, 0.3) is 88.3 Å². The Morgan fingerprint density at radius 2 is 0.809 bits per heavy atom. The smallest absolute Gasteiger partial charge is 0.399 e. The van der Waals surface area contributed by atoms with Crippen LogP contribution in [0.2, 0.25) is 0 Å². The standard InChI is InChI=1S/C34H29BO2.C29H19BrO/c1-33(2)34(3,4)37-35(36-33)29-21-20-28-30-26(29)16-11-17-27(30)31-24(22-12-7-5-8-13-22)18-19-25(32(28)31)23-14-9-6-10-15-23;1-16-8-3-5-10-18(16)27-25-21-13-7-12-20-23(30)15-14-22(24(20)21)26(25)28(29(27)31)19-11-6-4-9-17(19)2/h5-21H,1-4H3;3-15H,1-2H3. The molecule has 1 aliphatic heterocycles. The van der Waals surface area contributed by atoms with Crippen molar-refractivity contribution in [1.82, 2.24) is 0 Å². The van der Waals surface area contributed by atoms with E-state index in [0.717, 1.165) is 65.6 Å². The van der Waals surface area contributed by atoms with E-state index >= 15 is 0 Å². The van der Waals surface area contributed by atoms with Gasteiger partial charge in [0.1, 0.15) is 0 Å². The van der Waals surface area contributed by atoms with E-state index in [2.05, 4.69) is 215 Å². The number of rotatable bonds is 5. The molecule has 0 radical (unpaired) electrons. The molecule has 4 aliphatic rings. The summed E-state index contributed by atoms with van der Waals surface area (Å²) in [7, 11) is -0.403. The van der Waals surface area contributed by atoms with E-state index in [-0.39, 0.29) is 17.0 Å². The van der Waals surface area contributed by atoms with Crippen molar-refractivity contribution in [2.75, 3.05) is 0 Å². The van der Waals surface area contributed by atoms with E-state index in [1.165, 1.54) is 66.1 Å². The van der Waals surface area contributed by atoms with Gasteiger partial charge < -0.3 is 9.31 Å². The van der Waals surface area contributed by atoms with Crippen LogP contribution in [0.4, 0.5) is 0 Å². The number of Topliss-reactive ketones (excluding diaryl/α,β-unsaturated/α-hetero) is 1. The Bertz CT molecular complexity index is 3510. The van der Waals surface area contributed by atoms with Gasteiger partial charge in [-0.05, 0) is 153 Å².